The number of ether oxygens (including phenoxy) is 3. The van der Waals surface area contributed by atoms with Crippen LogP contribution < -0.4 is 23.9 Å². The van der Waals surface area contributed by atoms with Crippen LogP contribution in [0.15, 0.2) is 66.8 Å². The second kappa shape index (κ2) is 10.3. The molecule has 9 heteroatoms. The molecule has 2 heterocycles. The summed E-state index contributed by atoms with van der Waals surface area (Å²) in [6.45, 7) is 0.901. The number of aryl methyl sites for hydroxylation is 1. The fourth-order valence-corrected chi connectivity index (χ4v) is 4.26. The highest BCUT2D eigenvalue weighted by Gasteiger charge is 2.45. The van der Waals surface area contributed by atoms with Crippen LogP contribution in [0.4, 0.5) is 0 Å². The van der Waals surface area contributed by atoms with Crippen molar-refractivity contribution in [2.75, 3.05) is 27.9 Å². The first kappa shape index (κ1) is 23.9. The molecule has 0 saturated carbocycles. The molecule has 1 saturated heterocycles. The van der Waals surface area contributed by atoms with Crippen LogP contribution in [-0.2, 0) is 16.1 Å². The zero-order chi connectivity index (χ0) is 24.9. The Balaban J connectivity index is 1.80. The van der Waals surface area contributed by atoms with Crippen LogP contribution in [0.5, 0.6) is 17.2 Å². The SMILES string of the molecule is COc1ccc(/C([O-])=C2\C(=O)C(=O)N(CCC[n+]3cc[nH]c3)C2c2cc(OC)ccc2OC)cc1. The normalized spacial score (nSPS) is 17.0. The van der Waals surface area contributed by atoms with Gasteiger partial charge in [0.05, 0.1) is 33.9 Å². The van der Waals surface area contributed by atoms with E-state index < -0.39 is 23.5 Å². The molecule has 1 N–H and O–H groups in total. The zero-order valence-corrected chi connectivity index (χ0v) is 19.8. The highest BCUT2D eigenvalue weighted by atomic mass is 16.5. The van der Waals surface area contributed by atoms with Gasteiger partial charge in [-0.2, -0.15) is 0 Å². The zero-order valence-electron chi connectivity index (χ0n) is 19.8. The predicted octanol–water partition coefficient (Wildman–Crippen LogP) is 1.64. The molecule has 0 spiro atoms. The van der Waals surface area contributed by atoms with E-state index in [1.165, 1.54) is 26.2 Å². The Morgan fingerprint density at radius 1 is 1.03 bits per heavy atom. The summed E-state index contributed by atoms with van der Waals surface area (Å²) in [4.78, 5) is 30.8. The molecule has 35 heavy (non-hydrogen) atoms. The molecular weight excluding hydrogens is 450 g/mol. The number of methoxy groups -OCH3 is 3. The van der Waals surface area contributed by atoms with Gasteiger partial charge in [0.2, 0.25) is 12.1 Å². The molecule has 182 valence electrons. The van der Waals surface area contributed by atoms with Gasteiger partial charge >= 0.3 is 0 Å². The number of nitrogens with one attached hydrogen (secondary N) is 1. The van der Waals surface area contributed by atoms with E-state index in [4.69, 9.17) is 14.2 Å². The highest BCUT2D eigenvalue weighted by molar-refractivity contribution is 6.46. The van der Waals surface area contributed by atoms with E-state index in [2.05, 4.69) is 4.98 Å². The summed E-state index contributed by atoms with van der Waals surface area (Å²) in [5.74, 6) is -0.487. The predicted molar refractivity (Wildman–Crippen MR) is 125 cm³/mol. The topological polar surface area (TPSA) is 108 Å². The van der Waals surface area contributed by atoms with Crippen molar-refractivity contribution in [3.05, 3.63) is 77.9 Å². The maximum absolute atomic E-state index is 13.6. The number of imidazole rings is 1. The lowest BCUT2D eigenvalue weighted by Crippen LogP contribution is -2.36. The Hall–Kier alpha value is -4.27. The first-order chi connectivity index (χ1) is 17.0. The summed E-state index contributed by atoms with van der Waals surface area (Å²) in [7, 11) is 4.55. The number of aromatic amines is 1. The third-order valence-corrected chi connectivity index (χ3v) is 6.03. The average molecular weight is 478 g/mol. The third kappa shape index (κ3) is 4.70. The van der Waals surface area contributed by atoms with E-state index in [1.807, 2.05) is 17.1 Å². The molecule has 0 bridgehead atoms. The van der Waals surface area contributed by atoms with Gasteiger partial charge in [-0.05, 0) is 35.9 Å². The maximum Gasteiger partial charge on any atom is 0.295 e. The first-order valence-corrected chi connectivity index (χ1v) is 11.1. The van der Waals surface area contributed by atoms with Gasteiger partial charge in [-0.3, -0.25) is 14.6 Å². The van der Waals surface area contributed by atoms with Crippen molar-refractivity contribution >= 4 is 17.4 Å². The molecule has 1 atom stereocenters. The Labute approximate surface area is 203 Å². The minimum atomic E-state index is -0.911. The number of carbonyl (C=O) groups is 2. The van der Waals surface area contributed by atoms with Crippen LogP contribution in [0.2, 0.25) is 0 Å². The number of rotatable bonds is 9. The van der Waals surface area contributed by atoms with Crippen LogP contribution in [0.25, 0.3) is 5.76 Å². The summed E-state index contributed by atoms with van der Waals surface area (Å²) in [6, 6.07) is 10.7. The Morgan fingerprint density at radius 2 is 1.74 bits per heavy atom. The first-order valence-electron chi connectivity index (χ1n) is 11.1. The summed E-state index contributed by atoms with van der Waals surface area (Å²) in [5.41, 5.74) is 0.691. The molecule has 1 aliphatic heterocycles. The molecule has 3 aromatic rings. The Kier molecular flexibility index (Phi) is 7.05. The number of aromatic nitrogens is 2. The Morgan fingerprint density at radius 3 is 2.37 bits per heavy atom. The molecule has 9 nitrogen and oxygen atoms in total. The summed E-state index contributed by atoms with van der Waals surface area (Å²) in [5, 5.41) is 13.6. The van der Waals surface area contributed by atoms with Crippen molar-refractivity contribution in [2.24, 2.45) is 0 Å². The second-order valence-electron chi connectivity index (χ2n) is 8.01. The summed E-state index contributed by atoms with van der Waals surface area (Å²) < 4.78 is 18.0. The number of hydrogen-bond acceptors (Lipinski definition) is 6. The minimum Gasteiger partial charge on any atom is -0.872 e. The number of hydrogen-bond donors (Lipinski definition) is 1. The Bertz CT molecular complexity index is 1230. The van der Waals surface area contributed by atoms with Crippen molar-refractivity contribution in [3.63, 3.8) is 0 Å². The van der Waals surface area contributed by atoms with Crippen molar-refractivity contribution in [1.29, 1.82) is 0 Å². The number of carbonyl (C=O) groups excluding carboxylic acids is 2. The van der Waals surface area contributed by atoms with Crippen LogP contribution in [0.3, 0.4) is 0 Å². The lowest BCUT2D eigenvalue weighted by atomic mass is 9.94. The van der Waals surface area contributed by atoms with Gasteiger partial charge in [0.25, 0.3) is 5.91 Å². The van der Waals surface area contributed by atoms with E-state index >= 15 is 0 Å². The van der Waals surface area contributed by atoms with Crippen LogP contribution in [0.1, 0.15) is 23.6 Å². The molecule has 4 rings (SSSR count). The van der Waals surface area contributed by atoms with Crippen LogP contribution in [0, 0.1) is 0 Å². The number of amides is 1. The average Bonchev–Trinajstić information content (AvgIpc) is 3.50. The van der Waals surface area contributed by atoms with Gasteiger partial charge in [-0.25, -0.2) is 4.57 Å². The van der Waals surface area contributed by atoms with E-state index in [1.54, 1.807) is 48.7 Å². The number of benzene rings is 2. The largest absolute Gasteiger partial charge is 0.872 e. The van der Waals surface area contributed by atoms with Crippen molar-refractivity contribution < 1.29 is 33.5 Å². The van der Waals surface area contributed by atoms with E-state index in [0.29, 0.717) is 41.3 Å². The molecule has 1 fully saturated rings. The molecule has 2 aromatic carbocycles. The smallest absolute Gasteiger partial charge is 0.295 e. The number of nitrogens with zero attached hydrogens (tertiary/aromatic N) is 2. The third-order valence-electron chi connectivity index (χ3n) is 6.03. The molecular formula is C26H27N3O6. The van der Waals surface area contributed by atoms with Crippen LogP contribution in [-0.4, -0.2) is 49.4 Å². The van der Waals surface area contributed by atoms with Gasteiger partial charge in [-0.15, -0.1) is 0 Å². The highest BCUT2D eigenvalue weighted by Crippen LogP contribution is 2.43. The van der Waals surface area contributed by atoms with Gasteiger partial charge < -0.3 is 24.2 Å². The molecule has 0 radical (unpaired) electrons. The quantitative estimate of drug-likeness (QED) is 0.217. The molecule has 0 aliphatic carbocycles. The number of ketones is 1. The minimum absolute atomic E-state index is 0.110. The molecule has 1 unspecified atom stereocenters. The lowest BCUT2D eigenvalue weighted by molar-refractivity contribution is -0.695. The van der Waals surface area contributed by atoms with Gasteiger partial charge in [0, 0.05) is 24.1 Å². The van der Waals surface area contributed by atoms with Gasteiger partial charge in [0.1, 0.15) is 29.6 Å². The van der Waals surface area contributed by atoms with E-state index in [9.17, 15) is 14.7 Å². The number of Topliss-reactive ketones (excluding diaryl/α,β-unsaturated/α-hetero) is 1. The lowest BCUT2D eigenvalue weighted by Gasteiger charge is -2.28. The maximum atomic E-state index is 13.6. The van der Waals surface area contributed by atoms with Gasteiger partial charge in [0.15, 0.2) is 0 Å². The fourth-order valence-electron chi connectivity index (χ4n) is 4.26. The van der Waals surface area contributed by atoms with Crippen molar-refractivity contribution in [3.8, 4) is 17.2 Å². The molecule has 1 amide bonds. The van der Waals surface area contributed by atoms with Gasteiger partial charge in [-0.1, -0.05) is 17.9 Å². The van der Waals surface area contributed by atoms with E-state index in [-0.39, 0.29) is 12.1 Å². The summed E-state index contributed by atoms with van der Waals surface area (Å²) in [6.07, 6.45) is 6.07. The van der Waals surface area contributed by atoms with Crippen LogP contribution >= 0.6 is 0 Å². The summed E-state index contributed by atoms with van der Waals surface area (Å²) >= 11 is 0. The van der Waals surface area contributed by atoms with Crippen molar-refractivity contribution in [2.45, 2.75) is 19.0 Å². The van der Waals surface area contributed by atoms with Crippen molar-refractivity contribution in [1.82, 2.24) is 9.88 Å². The second-order valence-corrected chi connectivity index (χ2v) is 8.01. The number of likely N-dealkylation sites (tertiary alicyclic amines) is 1. The van der Waals surface area contributed by atoms with E-state index in [0.717, 1.165) is 0 Å². The monoisotopic (exact) mass is 477 g/mol. The molecule has 1 aliphatic rings. The molecule has 1 aromatic heterocycles. The number of H-pyrrole nitrogens is 1. The fraction of sp³-hybridized carbons (Fsp3) is 0.269. The standard InChI is InChI=1S/C26H27N3O6/c1-33-18-7-5-17(6-8-18)24(30)22-23(20-15-19(34-2)9-10-21(20)35-3)29(26(32)25(22)31)13-4-12-28-14-11-27-16-28/h5-11,14-16,23H,4,12-13H2,1-3H3,(H,30,31).